The van der Waals surface area contributed by atoms with Gasteiger partial charge in [0, 0.05) is 16.8 Å². The van der Waals surface area contributed by atoms with E-state index in [1.807, 2.05) is 18.2 Å². The van der Waals surface area contributed by atoms with E-state index >= 15 is 0 Å². The lowest BCUT2D eigenvalue weighted by Crippen LogP contribution is -2.11. The zero-order valence-corrected chi connectivity index (χ0v) is 11.9. The maximum absolute atomic E-state index is 5.85. The Morgan fingerprint density at radius 1 is 1.32 bits per heavy atom. The number of furan rings is 1. The molecule has 19 heavy (non-hydrogen) atoms. The van der Waals surface area contributed by atoms with E-state index < -0.39 is 0 Å². The largest absolute Gasteiger partial charge is 0.454 e. The number of hydrogen-bond donors (Lipinski definition) is 1. The lowest BCUT2D eigenvalue weighted by atomic mass is 10.2. The molecule has 98 valence electrons. The molecule has 2 heterocycles. The first-order valence-electron chi connectivity index (χ1n) is 6.44. The molecule has 0 fully saturated rings. The van der Waals surface area contributed by atoms with E-state index in [0.29, 0.717) is 0 Å². The first-order chi connectivity index (χ1) is 9.28. The van der Waals surface area contributed by atoms with Crippen LogP contribution in [0.5, 0.6) is 0 Å². The third-order valence-electron chi connectivity index (χ3n) is 3.06. The van der Waals surface area contributed by atoms with Gasteiger partial charge in [0.2, 0.25) is 0 Å². The molecule has 1 N–H and O–H groups in total. The summed E-state index contributed by atoms with van der Waals surface area (Å²) in [7, 11) is 0. The van der Waals surface area contributed by atoms with Crippen molar-refractivity contribution in [2.45, 2.75) is 20.4 Å². The molecule has 0 saturated heterocycles. The van der Waals surface area contributed by atoms with Crippen LogP contribution in [0.2, 0.25) is 0 Å². The Bertz CT molecular complexity index is 666. The lowest BCUT2D eigenvalue weighted by molar-refractivity contribution is 0.630. The standard InChI is InChI=1S/C15H16N2OS/c1-3-16-9-14-10(2)17-15(19-14)13-8-11-6-4-5-7-12(11)18-13/h4-8,16H,3,9H2,1-2H3. The molecule has 0 spiro atoms. The number of rotatable bonds is 4. The van der Waals surface area contributed by atoms with E-state index in [1.54, 1.807) is 11.3 Å². The number of fused-ring (bicyclic) bond motifs is 1. The van der Waals surface area contributed by atoms with Crippen LogP contribution in [0.1, 0.15) is 17.5 Å². The quantitative estimate of drug-likeness (QED) is 0.781. The summed E-state index contributed by atoms with van der Waals surface area (Å²) in [6.45, 7) is 6.00. The highest BCUT2D eigenvalue weighted by Gasteiger charge is 2.12. The highest BCUT2D eigenvalue weighted by atomic mass is 32.1. The summed E-state index contributed by atoms with van der Waals surface area (Å²) in [6, 6.07) is 10.1. The van der Waals surface area contributed by atoms with Crippen molar-refractivity contribution in [1.82, 2.24) is 10.3 Å². The van der Waals surface area contributed by atoms with E-state index in [1.165, 1.54) is 4.88 Å². The van der Waals surface area contributed by atoms with E-state index in [-0.39, 0.29) is 0 Å². The Hall–Kier alpha value is -1.65. The second-order valence-corrected chi connectivity index (χ2v) is 5.54. The topological polar surface area (TPSA) is 38.1 Å². The molecule has 1 aromatic carbocycles. The highest BCUT2D eigenvalue weighted by Crippen LogP contribution is 2.32. The van der Waals surface area contributed by atoms with Crippen LogP contribution in [0, 0.1) is 6.92 Å². The van der Waals surface area contributed by atoms with Gasteiger partial charge in [0.1, 0.15) is 5.58 Å². The van der Waals surface area contributed by atoms with Gasteiger partial charge in [-0.25, -0.2) is 4.98 Å². The first kappa shape index (κ1) is 12.4. The van der Waals surface area contributed by atoms with Gasteiger partial charge in [-0.05, 0) is 25.6 Å². The Balaban J connectivity index is 1.97. The van der Waals surface area contributed by atoms with Crippen molar-refractivity contribution in [2.24, 2.45) is 0 Å². The normalized spacial score (nSPS) is 11.3. The van der Waals surface area contributed by atoms with E-state index in [9.17, 15) is 0 Å². The number of thiazole rings is 1. The Morgan fingerprint density at radius 2 is 2.16 bits per heavy atom. The predicted molar refractivity (Wildman–Crippen MR) is 79.4 cm³/mol. The maximum atomic E-state index is 5.85. The number of nitrogens with zero attached hydrogens (tertiary/aromatic N) is 1. The van der Waals surface area contributed by atoms with Gasteiger partial charge in [-0.2, -0.15) is 0 Å². The number of nitrogens with one attached hydrogen (secondary N) is 1. The number of benzene rings is 1. The number of para-hydroxylation sites is 1. The van der Waals surface area contributed by atoms with Gasteiger partial charge in [0.05, 0.1) is 5.69 Å². The fourth-order valence-electron chi connectivity index (χ4n) is 2.02. The van der Waals surface area contributed by atoms with E-state index in [4.69, 9.17) is 4.42 Å². The summed E-state index contributed by atoms with van der Waals surface area (Å²) >= 11 is 1.70. The molecule has 3 aromatic rings. The predicted octanol–water partition coefficient (Wildman–Crippen LogP) is 3.97. The molecule has 0 amide bonds. The highest BCUT2D eigenvalue weighted by molar-refractivity contribution is 7.15. The SMILES string of the molecule is CCNCc1sc(-c2cc3ccccc3o2)nc1C. The van der Waals surface area contributed by atoms with E-state index in [2.05, 4.69) is 36.3 Å². The Kier molecular flexibility index (Phi) is 3.36. The summed E-state index contributed by atoms with van der Waals surface area (Å²) in [6.07, 6.45) is 0. The zero-order chi connectivity index (χ0) is 13.2. The lowest BCUT2D eigenvalue weighted by Gasteiger charge is -1.97. The molecule has 4 heteroatoms. The second kappa shape index (κ2) is 5.15. The van der Waals surface area contributed by atoms with Gasteiger partial charge in [-0.3, -0.25) is 0 Å². The van der Waals surface area contributed by atoms with Crippen LogP contribution < -0.4 is 5.32 Å². The van der Waals surface area contributed by atoms with Crippen molar-refractivity contribution < 1.29 is 4.42 Å². The van der Waals surface area contributed by atoms with Crippen LogP contribution in [-0.4, -0.2) is 11.5 Å². The van der Waals surface area contributed by atoms with Gasteiger partial charge in [0.25, 0.3) is 0 Å². The maximum Gasteiger partial charge on any atom is 0.164 e. The Labute approximate surface area is 116 Å². The molecular formula is C15H16N2OS. The molecular weight excluding hydrogens is 256 g/mol. The number of aromatic nitrogens is 1. The summed E-state index contributed by atoms with van der Waals surface area (Å²) in [4.78, 5) is 5.89. The third-order valence-corrected chi connectivity index (χ3v) is 4.24. The zero-order valence-electron chi connectivity index (χ0n) is 11.1. The van der Waals surface area contributed by atoms with Crippen molar-refractivity contribution in [3.05, 3.63) is 40.9 Å². The van der Waals surface area contributed by atoms with Gasteiger partial charge in [0.15, 0.2) is 10.8 Å². The monoisotopic (exact) mass is 272 g/mol. The average Bonchev–Trinajstić information content (AvgIpc) is 2.99. The summed E-state index contributed by atoms with van der Waals surface area (Å²) in [5.41, 5.74) is 2.00. The van der Waals surface area contributed by atoms with Crippen molar-refractivity contribution in [1.29, 1.82) is 0 Å². The molecule has 3 nitrogen and oxygen atoms in total. The third kappa shape index (κ3) is 2.41. The molecule has 2 aromatic heterocycles. The molecule has 0 aliphatic carbocycles. The molecule has 0 aliphatic rings. The molecule has 0 saturated carbocycles. The van der Waals surface area contributed by atoms with Crippen LogP contribution >= 0.6 is 11.3 Å². The van der Waals surface area contributed by atoms with Gasteiger partial charge in [-0.1, -0.05) is 25.1 Å². The van der Waals surface area contributed by atoms with Crippen LogP contribution in [0.3, 0.4) is 0 Å². The van der Waals surface area contributed by atoms with Crippen molar-refractivity contribution in [3.63, 3.8) is 0 Å². The van der Waals surface area contributed by atoms with Crippen molar-refractivity contribution >= 4 is 22.3 Å². The molecule has 0 unspecified atom stereocenters. The molecule has 0 aliphatic heterocycles. The van der Waals surface area contributed by atoms with Crippen molar-refractivity contribution in [2.75, 3.05) is 6.54 Å². The smallest absolute Gasteiger partial charge is 0.164 e. The second-order valence-electron chi connectivity index (χ2n) is 4.46. The first-order valence-corrected chi connectivity index (χ1v) is 7.25. The fourth-order valence-corrected chi connectivity index (χ4v) is 3.01. The van der Waals surface area contributed by atoms with Gasteiger partial charge in [-0.15, -0.1) is 11.3 Å². The number of hydrogen-bond acceptors (Lipinski definition) is 4. The van der Waals surface area contributed by atoms with E-state index in [0.717, 1.165) is 40.5 Å². The molecule has 0 bridgehead atoms. The minimum atomic E-state index is 0.858. The minimum absolute atomic E-state index is 0.858. The van der Waals surface area contributed by atoms with Crippen molar-refractivity contribution in [3.8, 4) is 10.8 Å². The Morgan fingerprint density at radius 3 is 2.95 bits per heavy atom. The van der Waals surface area contributed by atoms with Crippen LogP contribution in [0.25, 0.3) is 21.7 Å². The average molecular weight is 272 g/mol. The molecule has 0 atom stereocenters. The van der Waals surface area contributed by atoms with Gasteiger partial charge >= 0.3 is 0 Å². The minimum Gasteiger partial charge on any atom is -0.454 e. The molecule has 3 rings (SSSR count). The fraction of sp³-hybridized carbons (Fsp3) is 0.267. The summed E-state index contributed by atoms with van der Waals surface area (Å²) in [5.74, 6) is 0.858. The van der Waals surface area contributed by atoms with Crippen LogP contribution in [0.15, 0.2) is 34.7 Å². The number of aryl methyl sites for hydroxylation is 1. The summed E-state index contributed by atoms with van der Waals surface area (Å²) < 4.78 is 5.85. The summed E-state index contributed by atoms with van der Waals surface area (Å²) in [5, 5.41) is 5.42. The van der Waals surface area contributed by atoms with Crippen LogP contribution in [0.4, 0.5) is 0 Å². The van der Waals surface area contributed by atoms with Crippen LogP contribution in [-0.2, 0) is 6.54 Å². The van der Waals surface area contributed by atoms with Gasteiger partial charge < -0.3 is 9.73 Å². The molecule has 0 radical (unpaired) electrons.